The number of ether oxygens (including phenoxy) is 1. The van der Waals surface area contributed by atoms with E-state index in [1.807, 2.05) is 19.3 Å². The summed E-state index contributed by atoms with van der Waals surface area (Å²) in [5, 5.41) is 9.19. The van der Waals surface area contributed by atoms with Crippen LogP contribution >= 0.6 is 0 Å². The van der Waals surface area contributed by atoms with E-state index in [-0.39, 0.29) is 5.91 Å². The Morgan fingerprint density at radius 1 is 1.17 bits per heavy atom. The molecule has 3 heterocycles. The molecule has 0 radical (unpaired) electrons. The summed E-state index contributed by atoms with van der Waals surface area (Å²) in [5.74, 6) is 1.21. The molecule has 9 heteroatoms. The van der Waals surface area contributed by atoms with Crippen molar-refractivity contribution in [2.45, 2.75) is 6.92 Å². The van der Waals surface area contributed by atoms with Crippen LogP contribution in [0.4, 0.5) is 5.82 Å². The molecule has 9 nitrogen and oxygen atoms in total. The molecule has 2 N–H and O–H groups in total. The Hall–Kier alpha value is -4.27. The van der Waals surface area contributed by atoms with Gasteiger partial charge in [0.25, 0.3) is 5.91 Å². The molecule has 0 saturated carbocycles. The number of nitrogens with one attached hydrogen (secondary N) is 2. The maximum absolute atomic E-state index is 12.1. The van der Waals surface area contributed by atoms with Gasteiger partial charge in [0.05, 0.1) is 18.1 Å². The smallest absolute Gasteiger partial charge is 0.252 e. The number of allylic oxidation sites excluding steroid dienone is 2. The molecular weight excluding hydrogens is 384 g/mol. The molecule has 0 aromatic carbocycles. The number of carbonyl (C=O) groups is 2. The average molecular weight is 404 g/mol. The van der Waals surface area contributed by atoms with Crippen molar-refractivity contribution in [1.82, 2.24) is 25.1 Å². The van der Waals surface area contributed by atoms with Gasteiger partial charge in [0.15, 0.2) is 0 Å². The van der Waals surface area contributed by atoms with Crippen molar-refractivity contribution in [2.75, 3.05) is 5.32 Å². The Labute approximate surface area is 173 Å². The van der Waals surface area contributed by atoms with E-state index in [4.69, 9.17) is 4.74 Å². The maximum Gasteiger partial charge on any atom is 0.252 e. The van der Waals surface area contributed by atoms with Gasteiger partial charge >= 0.3 is 0 Å². The van der Waals surface area contributed by atoms with Crippen LogP contribution in [0, 0.1) is 0 Å². The standard InChI is InChI=1S/C21H20N6O3/c1-15(4-3-8-22-14-28)21(29)26-20-6-5-18(12-24-20)30-17-7-9-23-19(10-17)16-11-25-27(2)13-16/h3-14H,1-2H3,(H,22,28)(H,24,26,29)/b8-3-,15-4+. The summed E-state index contributed by atoms with van der Waals surface area (Å²) in [7, 11) is 1.84. The summed E-state index contributed by atoms with van der Waals surface area (Å²) in [6.45, 7) is 1.65. The summed E-state index contributed by atoms with van der Waals surface area (Å²) >= 11 is 0. The highest BCUT2D eigenvalue weighted by Gasteiger charge is 2.07. The number of hydrogen-bond donors (Lipinski definition) is 2. The van der Waals surface area contributed by atoms with E-state index >= 15 is 0 Å². The van der Waals surface area contributed by atoms with Crippen LogP contribution in [0.1, 0.15) is 6.92 Å². The number of nitrogens with zero attached hydrogens (tertiary/aromatic N) is 4. The lowest BCUT2D eigenvalue weighted by Crippen LogP contribution is -2.13. The highest BCUT2D eigenvalue weighted by Crippen LogP contribution is 2.25. The van der Waals surface area contributed by atoms with Crippen molar-refractivity contribution in [3.8, 4) is 22.8 Å². The molecule has 3 aromatic heterocycles. The van der Waals surface area contributed by atoms with Crippen molar-refractivity contribution in [3.63, 3.8) is 0 Å². The number of anilines is 1. The van der Waals surface area contributed by atoms with Crippen LogP contribution in [-0.2, 0) is 16.6 Å². The first kappa shape index (κ1) is 20.5. The van der Waals surface area contributed by atoms with Gasteiger partial charge in [-0.15, -0.1) is 0 Å². The highest BCUT2D eigenvalue weighted by molar-refractivity contribution is 6.02. The zero-order valence-corrected chi connectivity index (χ0v) is 16.4. The number of aryl methyl sites for hydroxylation is 1. The largest absolute Gasteiger partial charge is 0.456 e. The van der Waals surface area contributed by atoms with Gasteiger partial charge in [-0.25, -0.2) is 4.98 Å². The number of carbonyl (C=O) groups excluding carboxylic acids is 2. The van der Waals surface area contributed by atoms with Crippen LogP contribution in [0.5, 0.6) is 11.5 Å². The second-order valence-corrected chi connectivity index (χ2v) is 6.21. The highest BCUT2D eigenvalue weighted by atomic mass is 16.5. The van der Waals surface area contributed by atoms with Crippen molar-refractivity contribution >= 4 is 18.1 Å². The SMILES string of the molecule is C/C(=C\C=C/NC=O)C(=O)Nc1ccc(Oc2ccnc(-c3cnn(C)c3)c2)cn1. The van der Waals surface area contributed by atoms with Crippen molar-refractivity contribution in [3.05, 3.63) is 73.0 Å². The predicted octanol–water partition coefficient (Wildman–Crippen LogP) is 2.81. The summed E-state index contributed by atoms with van der Waals surface area (Å²) < 4.78 is 7.54. The molecule has 152 valence electrons. The van der Waals surface area contributed by atoms with Crippen LogP contribution in [0.2, 0.25) is 0 Å². The molecule has 0 aliphatic rings. The molecular formula is C21H20N6O3. The molecule has 2 amide bonds. The summed E-state index contributed by atoms with van der Waals surface area (Å²) in [5.41, 5.74) is 2.09. The van der Waals surface area contributed by atoms with E-state index in [9.17, 15) is 9.59 Å². The fourth-order valence-corrected chi connectivity index (χ4v) is 2.41. The number of pyridine rings is 2. The fourth-order valence-electron chi connectivity index (χ4n) is 2.41. The first-order valence-electron chi connectivity index (χ1n) is 8.98. The van der Waals surface area contributed by atoms with Crippen molar-refractivity contribution in [2.24, 2.45) is 7.05 Å². The Balaban J connectivity index is 1.62. The van der Waals surface area contributed by atoms with Gasteiger partial charge in [0.1, 0.15) is 17.3 Å². The lowest BCUT2D eigenvalue weighted by atomic mass is 10.2. The minimum Gasteiger partial charge on any atom is -0.456 e. The normalized spacial score (nSPS) is 11.3. The Morgan fingerprint density at radius 2 is 2.03 bits per heavy atom. The third-order valence-corrected chi connectivity index (χ3v) is 3.91. The Morgan fingerprint density at radius 3 is 2.73 bits per heavy atom. The zero-order valence-electron chi connectivity index (χ0n) is 16.4. The maximum atomic E-state index is 12.1. The van der Waals surface area contributed by atoms with Gasteiger partial charge in [-0.05, 0) is 31.2 Å². The fraction of sp³-hybridized carbons (Fsp3) is 0.0952. The van der Waals surface area contributed by atoms with Crippen LogP contribution in [0.15, 0.2) is 73.0 Å². The molecule has 0 saturated heterocycles. The number of aromatic nitrogens is 4. The quantitative estimate of drug-likeness (QED) is 0.339. The lowest BCUT2D eigenvalue weighted by Gasteiger charge is -2.08. The molecule has 0 spiro atoms. The van der Waals surface area contributed by atoms with Gasteiger partial charge in [-0.3, -0.25) is 19.3 Å². The molecule has 0 unspecified atom stereocenters. The van der Waals surface area contributed by atoms with Crippen LogP contribution < -0.4 is 15.4 Å². The number of rotatable bonds is 8. The first-order chi connectivity index (χ1) is 14.5. The molecule has 3 rings (SSSR count). The Kier molecular flexibility index (Phi) is 6.67. The van der Waals surface area contributed by atoms with Crippen LogP contribution in [0.3, 0.4) is 0 Å². The molecule has 0 aliphatic carbocycles. The summed E-state index contributed by atoms with van der Waals surface area (Å²) in [6.07, 6.45) is 11.9. The third kappa shape index (κ3) is 5.61. The summed E-state index contributed by atoms with van der Waals surface area (Å²) in [4.78, 5) is 30.8. The van der Waals surface area contributed by atoms with Gasteiger partial charge in [0, 0.05) is 42.8 Å². The molecule has 0 fully saturated rings. The van der Waals surface area contributed by atoms with Gasteiger partial charge < -0.3 is 15.4 Å². The second kappa shape index (κ2) is 9.78. The Bertz CT molecular complexity index is 1090. The van der Waals surface area contributed by atoms with E-state index in [1.165, 1.54) is 12.4 Å². The van der Waals surface area contributed by atoms with E-state index in [1.54, 1.807) is 54.4 Å². The van der Waals surface area contributed by atoms with E-state index in [2.05, 4.69) is 25.7 Å². The predicted molar refractivity (Wildman–Crippen MR) is 111 cm³/mol. The average Bonchev–Trinajstić information content (AvgIpc) is 3.19. The lowest BCUT2D eigenvalue weighted by molar-refractivity contribution is -0.112. The monoisotopic (exact) mass is 404 g/mol. The van der Waals surface area contributed by atoms with Crippen LogP contribution in [-0.4, -0.2) is 32.1 Å². The minimum absolute atomic E-state index is 0.304. The van der Waals surface area contributed by atoms with Crippen molar-refractivity contribution in [1.29, 1.82) is 0 Å². The first-order valence-corrected chi connectivity index (χ1v) is 8.98. The molecule has 30 heavy (non-hydrogen) atoms. The van der Waals surface area contributed by atoms with E-state index in [0.717, 1.165) is 11.3 Å². The molecule has 3 aromatic rings. The molecule has 0 bridgehead atoms. The van der Waals surface area contributed by atoms with Gasteiger partial charge in [-0.1, -0.05) is 6.08 Å². The van der Waals surface area contributed by atoms with Gasteiger partial charge in [-0.2, -0.15) is 5.10 Å². The van der Waals surface area contributed by atoms with Crippen molar-refractivity contribution < 1.29 is 14.3 Å². The van der Waals surface area contributed by atoms with Crippen LogP contribution in [0.25, 0.3) is 11.3 Å². The third-order valence-electron chi connectivity index (χ3n) is 3.91. The van der Waals surface area contributed by atoms with E-state index < -0.39 is 0 Å². The second-order valence-electron chi connectivity index (χ2n) is 6.21. The van der Waals surface area contributed by atoms with Gasteiger partial charge in [0.2, 0.25) is 6.41 Å². The number of hydrogen-bond acceptors (Lipinski definition) is 6. The molecule has 0 atom stereocenters. The zero-order chi connectivity index (χ0) is 21.3. The summed E-state index contributed by atoms with van der Waals surface area (Å²) in [6, 6.07) is 6.91. The minimum atomic E-state index is -0.304. The molecule has 0 aliphatic heterocycles. The topological polar surface area (TPSA) is 111 Å². The number of amides is 2. The van der Waals surface area contributed by atoms with E-state index in [0.29, 0.717) is 29.3 Å².